The van der Waals surface area contributed by atoms with E-state index in [1.807, 2.05) is 66.5 Å². The van der Waals surface area contributed by atoms with E-state index in [2.05, 4.69) is 5.32 Å². The summed E-state index contributed by atoms with van der Waals surface area (Å²) in [7, 11) is 1.91. The van der Waals surface area contributed by atoms with E-state index in [4.69, 9.17) is 9.84 Å². The summed E-state index contributed by atoms with van der Waals surface area (Å²) < 4.78 is 5.61. The number of hydrogen-bond acceptors (Lipinski definition) is 4. The van der Waals surface area contributed by atoms with Gasteiger partial charge in [-0.15, -0.1) is 0 Å². The number of amides is 1. The van der Waals surface area contributed by atoms with Gasteiger partial charge in [-0.25, -0.2) is 0 Å². The van der Waals surface area contributed by atoms with E-state index in [0.29, 0.717) is 13.2 Å². The predicted octanol–water partition coefficient (Wildman–Crippen LogP) is 2.66. The maximum Gasteiger partial charge on any atom is 0.253 e. The first-order valence-corrected chi connectivity index (χ1v) is 7.98. The van der Waals surface area contributed by atoms with Crippen molar-refractivity contribution in [1.82, 2.24) is 0 Å². The topological polar surface area (TPSA) is 61.8 Å². The number of hydrogen-bond donors (Lipinski definition) is 2. The Morgan fingerprint density at radius 3 is 2.46 bits per heavy atom. The highest BCUT2D eigenvalue weighted by molar-refractivity contribution is 5.94. The maximum absolute atomic E-state index is 12.2. The number of aliphatic hydroxyl groups excluding tert-OH is 1. The van der Waals surface area contributed by atoms with E-state index in [1.54, 1.807) is 6.92 Å². The molecule has 0 heterocycles. The minimum Gasteiger partial charge on any atom is -0.395 e. The zero-order chi connectivity index (χ0) is 17.4. The van der Waals surface area contributed by atoms with Crippen molar-refractivity contribution in [3.63, 3.8) is 0 Å². The molecule has 2 N–H and O–H groups in total. The van der Waals surface area contributed by atoms with Crippen LogP contribution in [-0.4, -0.2) is 37.3 Å². The molecule has 24 heavy (non-hydrogen) atoms. The van der Waals surface area contributed by atoms with Gasteiger partial charge in [-0.3, -0.25) is 4.79 Å². The van der Waals surface area contributed by atoms with Crippen molar-refractivity contribution in [1.29, 1.82) is 0 Å². The molecule has 0 saturated carbocycles. The van der Waals surface area contributed by atoms with Gasteiger partial charge in [0, 0.05) is 25.0 Å². The molecule has 5 heteroatoms. The highest BCUT2D eigenvalue weighted by Gasteiger charge is 2.13. The summed E-state index contributed by atoms with van der Waals surface area (Å²) in [4.78, 5) is 14.1. The van der Waals surface area contributed by atoms with Crippen LogP contribution in [-0.2, 0) is 16.1 Å². The number of nitrogens with one attached hydrogen (secondary N) is 1. The molecule has 0 radical (unpaired) electrons. The molecule has 5 nitrogen and oxygen atoms in total. The average molecular weight is 328 g/mol. The molecule has 0 aliphatic rings. The van der Waals surface area contributed by atoms with E-state index < -0.39 is 6.10 Å². The van der Waals surface area contributed by atoms with E-state index in [-0.39, 0.29) is 12.5 Å². The lowest BCUT2D eigenvalue weighted by molar-refractivity contribution is -0.127. The molecule has 128 valence electrons. The van der Waals surface area contributed by atoms with Gasteiger partial charge in [0.1, 0.15) is 6.10 Å². The minimum absolute atomic E-state index is 0.102. The van der Waals surface area contributed by atoms with Gasteiger partial charge in [0.25, 0.3) is 5.91 Å². The van der Waals surface area contributed by atoms with Crippen LogP contribution in [0.4, 0.5) is 11.4 Å². The van der Waals surface area contributed by atoms with Crippen LogP contribution in [0.1, 0.15) is 12.5 Å². The first kappa shape index (κ1) is 18.0. The number of anilines is 2. The third-order valence-corrected chi connectivity index (χ3v) is 3.72. The summed E-state index contributed by atoms with van der Waals surface area (Å²) in [5.41, 5.74) is 2.74. The lowest BCUT2D eigenvalue weighted by atomic mass is 10.2. The van der Waals surface area contributed by atoms with Crippen molar-refractivity contribution in [3.8, 4) is 0 Å². The van der Waals surface area contributed by atoms with Crippen LogP contribution in [0.2, 0.25) is 0 Å². The lowest BCUT2D eigenvalue weighted by Gasteiger charge is -2.18. The van der Waals surface area contributed by atoms with Crippen molar-refractivity contribution in [2.24, 2.45) is 0 Å². The minimum atomic E-state index is -0.540. The van der Waals surface area contributed by atoms with Gasteiger partial charge in [-0.1, -0.05) is 30.3 Å². The van der Waals surface area contributed by atoms with Crippen LogP contribution in [0.3, 0.4) is 0 Å². The first-order valence-electron chi connectivity index (χ1n) is 7.98. The number of benzene rings is 2. The number of aliphatic hydroxyl groups is 1. The SMILES string of the molecule is CC(OCc1ccccc1)C(=O)Nc1ccc(N(C)CCO)cc1. The van der Waals surface area contributed by atoms with E-state index in [0.717, 1.165) is 16.9 Å². The lowest BCUT2D eigenvalue weighted by Crippen LogP contribution is -2.27. The molecule has 2 aromatic rings. The standard InChI is InChI=1S/C19H24N2O3/c1-15(24-14-16-6-4-3-5-7-16)19(23)20-17-8-10-18(11-9-17)21(2)12-13-22/h3-11,15,22H,12-14H2,1-2H3,(H,20,23). The van der Waals surface area contributed by atoms with E-state index >= 15 is 0 Å². The molecule has 2 aromatic carbocycles. The zero-order valence-electron chi connectivity index (χ0n) is 14.1. The van der Waals surface area contributed by atoms with Gasteiger partial charge in [0.05, 0.1) is 13.2 Å². The average Bonchev–Trinajstić information content (AvgIpc) is 2.61. The van der Waals surface area contributed by atoms with Crippen molar-refractivity contribution >= 4 is 17.3 Å². The normalized spacial score (nSPS) is 11.8. The quantitative estimate of drug-likeness (QED) is 0.782. The first-order chi connectivity index (χ1) is 11.6. The maximum atomic E-state index is 12.2. The van der Waals surface area contributed by atoms with Crippen molar-refractivity contribution in [2.45, 2.75) is 19.6 Å². The Morgan fingerprint density at radius 2 is 1.83 bits per heavy atom. The summed E-state index contributed by atoms with van der Waals surface area (Å²) in [6, 6.07) is 17.2. The molecule has 0 spiro atoms. The van der Waals surface area contributed by atoms with Gasteiger partial charge in [0.2, 0.25) is 0 Å². The highest BCUT2D eigenvalue weighted by Crippen LogP contribution is 2.17. The fraction of sp³-hybridized carbons (Fsp3) is 0.316. The third-order valence-electron chi connectivity index (χ3n) is 3.72. The number of carbonyl (C=O) groups is 1. The summed E-state index contributed by atoms with van der Waals surface area (Å²) in [5, 5.41) is 11.8. The zero-order valence-corrected chi connectivity index (χ0v) is 14.1. The molecule has 1 amide bonds. The Morgan fingerprint density at radius 1 is 1.17 bits per heavy atom. The molecule has 0 saturated heterocycles. The number of rotatable bonds is 8. The predicted molar refractivity (Wildman–Crippen MR) is 96.1 cm³/mol. The van der Waals surface area contributed by atoms with Crippen LogP contribution in [0.25, 0.3) is 0 Å². The molecule has 2 rings (SSSR count). The number of likely N-dealkylation sites (N-methyl/N-ethyl adjacent to an activating group) is 1. The largest absolute Gasteiger partial charge is 0.395 e. The Labute approximate surface area is 142 Å². The second-order valence-corrected chi connectivity index (χ2v) is 5.62. The Hall–Kier alpha value is -2.37. The summed E-state index contributed by atoms with van der Waals surface area (Å²) in [5.74, 6) is -0.178. The van der Waals surface area contributed by atoms with Crippen molar-refractivity contribution in [3.05, 3.63) is 60.2 Å². The van der Waals surface area contributed by atoms with E-state index in [1.165, 1.54) is 0 Å². The van der Waals surface area contributed by atoms with Gasteiger partial charge < -0.3 is 20.1 Å². The third kappa shape index (κ3) is 5.37. The monoisotopic (exact) mass is 328 g/mol. The number of ether oxygens (including phenoxy) is 1. The summed E-state index contributed by atoms with van der Waals surface area (Å²) >= 11 is 0. The van der Waals surface area contributed by atoms with Gasteiger partial charge >= 0.3 is 0 Å². The van der Waals surface area contributed by atoms with Crippen LogP contribution < -0.4 is 10.2 Å². The molecule has 0 aliphatic carbocycles. The summed E-state index contributed by atoms with van der Waals surface area (Å²) in [6.07, 6.45) is -0.540. The Balaban J connectivity index is 1.84. The number of nitrogens with zero attached hydrogens (tertiary/aromatic N) is 1. The van der Waals surface area contributed by atoms with Crippen LogP contribution in [0.5, 0.6) is 0 Å². The smallest absolute Gasteiger partial charge is 0.253 e. The molecule has 0 bridgehead atoms. The molecule has 1 unspecified atom stereocenters. The van der Waals surface area contributed by atoms with Gasteiger partial charge in [-0.2, -0.15) is 0 Å². The second-order valence-electron chi connectivity index (χ2n) is 5.62. The Kier molecular flexibility index (Phi) is 6.78. The molecule has 0 fully saturated rings. The van der Waals surface area contributed by atoms with Crippen LogP contribution in [0, 0.1) is 0 Å². The fourth-order valence-corrected chi connectivity index (χ4v) is 2.19. The molecule has 0 aliphatic heterocycles. The highest BCUT2D eigenvalue weighted by atomic mass is 16.5. The molecule has 0 aromatic heterocycles. The molecule has 1 atom stereocenters. The van der Waals surface area contributed by atoms with Gasteiger partial charge in [0.15, 0.2) is 0 Å². The fourth-order valence-electron chi connectivity index (χ4n) is 2.19. The van der Waals surface area contributed by atoms with Crippen molar-refractivity contribution < 1.29 is 14.6 Å². The van der Waals surface area contributed by atoms with Gasteiger partial charge in [-0.05, 0) is 36.8 Å². The Bertz CT molecular complexity index is 629. The molecular weight excluding hydrogens is 304 g/mol. The summed E-state index contributed by atoms with van der Waals surface area (Å²) in [6.45, 7) is 2.81. The second kappa shape index (κ2) is 9.05. The van der Waals surface area contributed by atoms with Crippen LogP contribution in [0.15, 0.2) is 54.6 Å². The molecular formula is C19H24N2O3. The number of carbonyl (C=O) groups excluding carboxylic acids is 1. The van der Waals surface area contributed by atoms with Crippen molar-refractivity contribution in [2.75, 3.05) is 30.4 Å². The van der Waals surface area contributed by atoms with E-state index in [9.17, 15) is 4.79 Å². The van der Waals surface area contributed by atoms with Crippen LogP contribution >= 0.6 is 0 Å².